The summed E-state index contributed by atoms with van der Waals surface area (Å²) in [5, 5.41) is 4.46. The van der Waals surface area contributed by atoms with Crippen molar-refractivity contribution >= 4 is 22.4 Å². The molecule has 0 amide bonds. The molecular formula is C14H24N4OS. The van der Waals surface area contributed by atoms with Crippen molar-refractivity contribution in [2.24, 2.45) is 5.92 Å². The number of aromatic nitrogens is 1. The highest BCUT2D eigenvalue weighted by Gasteiger charge is 2.34. The van der Waals surface area contributed by atoms with Crippen molar-refractivity contribution in [3.05, 3.63) is 0 Å². The van der Waals surface area contributed by atoms with E-state index in [1.54, 1.807) is 0 Å². The van der Waals surface area contributed by atoms with Crippen molar-refractivity contribution in [1.82, 2.24) is 9.27 Å². The Bertz CT molecular complexity index is 458. The minimum atomic E-state index is 0.117. The molecule has 0 bridgehead atoms. The van der Waals surface area contributed by atoms with E-state index in [2.05, 4.69) is 14.6 Å². The van der Waals surface area contributed by atoms with Crippen molar-refractivity contribution < 1.29 is 4.74 Å². The first-order valence-corrected chi connectivity index (χ1v) is 8.30. The van der Waals surface area contributed by atoms with Gasteiger partial charge in [-0.2, -0.15) is 4.37 Å². The maximum atomic E-state index is 5.87. The van der Waals surface area contributed by atoms with Crippen LogP contribution in [0.4, 0.5) is 10.8 Å². The van der Waals surface area contributed by atoms with Crippen LogP contribution in [-0.2, 0) is 0 Å². The van der Waals surface area contributed by atoms with Gasteiger partial charge in [0.25, 0.3) is 0 Å². The SMILES string of the molecule is CC(C)Oc1c(N)nsc1NCC1CCN(C2CC2)C1. The molecule has 2 aliphatic rings. The molecule has 3 rings (SSSR count). The monoisotopic (exact) mass is 296 g/mol. The number of rotatable bonds is 6. The van der Waals surface area contributed by atoms with Crippen LogP contribution < -0.4 is 15.8 Å². The summed E-state index contributed by atoms with van der Waals surface area (Å²) in [4.78, 5) is 2.64. The molecule has 0 spiro atoms. The zero-order chi connectivity index (χ0) is 14.1. The standard InChI is InChI=1S/C14H24N4OS/c1-9(2)19-12-13(15)17-20-14(12)16-7-10-5-6-18(8-10)11-3-4-11/h9-11,16H,3-8H2,1-2H3,(H2,15,17). The van der Waals surface area contributed by atoms with Crippen LogP contribution in [0.2, 0.25) is 0 Å². The maximum absolute atomic E-state index is 5.87. The third-order valence-electron chi connectivity index (χ3n) is 3.96. The molecule has 20 heavy (non-hydrogen) atoms. The molecule has 1 saturated heterocycles. The summed E-state index contributed by atoms with van der Waals surface area (Å²) in [6, 6.07) is 0.888. The molecule has 6 heteroatoms. The summed E-state index contributed by atoms with van der Waals surface area (Å²) >= 11 is 1.40. The second-order valence-electron chi connectivity index (χ2n) is 6.15. The third kappa shape index (κ3) is 3.17. The van der Waals surface area contributed by atoms with E-state index in [4.69, 9.17) is 10.5 Å². The van der Waals surface area contributed by atoms with Crippen LogP contribution in [0.5, 0.6) is 5.75 Å². The number of hydrogen-bond acceptors (Lipinski definition) is 6. The fourth-order valence-corrected chi connectivity index (χ4v) is 3.45. The summed E-state index contributed by atoms with van der Waals surface area (Å²) in [7, 11) is 0. The quantitative estimate of drug-likeness (QED) is 0.844. The summed E-state index contributed by atoms with van der Waals surface area (Å²) in [6.45, 7) is 7.49. The van der Waals surface area contributed by atoms with Crippen LogP contribution in [0.25, 0.3) is 0 Å². The highest BCUT2D eigenvalue weighted by atomic mass is 32.1. The Hall–Kier alpha value is -1.01. The van der Waals surface area contributed by atoms with Crippen molar-refractivity contribution in [2.75, 3.05) is 30.7 Å². The van der Waals surface area contributed by atoms with Crippen molar-refractivity contribution in [2.45, 2.75) is 45.3 Å². The number of nitrogens with zero attached hydrogens (tertiary/aromatic N) is 2. The number of nitrogens with two attached hydrogens (primary N) is 1. The molecule has 1 aliphatic heterocycles. The van der Waals surface area contributed by atoms with E-state index in [-0.39, 0.29) is 6.10 Å². The minimum absolute atomic E-state index is 0.117. The van der Waals surface area contributed by atoms with Crippen LogP contribution in [0.15, 0.2) is 0 Å². The molecule has 112 valence electrons. The average Bonchev–Trinajstić information content (AvgIpc) is 3.06. The van der Waals surface area contributed by atoms with Gasteiger partial charge >= 0.3 is 0 Å². The van der Waals surface area contributed by atoms with Crippen LogP contribution in [0, 0.1) is 5.92 Å². The summed E-state index contributed by atoms with van der Waals surface area (Å²) in [5.41, 5.74) is 5.87. The second kappa shape index (κ2) is 5.77. The maximum Gasteiger partial charge on any atom is 0.197 e. The smallest absolute Gasteiger partial charge is 0.197 e. The van der Waals surface area contributed by atoms with Gasteiger partial charge in [0.2, 0.25) is 0 Å². The number of nitrogens with one attached hydrogen (secondary N) is 1. The van der Waals surface area contributed by atoms with E-state index >= 15 is 0 Å². The van der Waals surface area contributed by atoms with Gasteiger partial charge < -0.3 is 20.7 Å². The van der Waals surface area contributed by atoms with E-state index in [1.165, 1.54) is 43.9 Å². The molecule has 1 aliphatic carbocycles. The highest BCUT2D eigenvalue weighted by Crippen LogP contribution is 2.37. The number of likely N-dealkylation sites (tertiary alicyclic amines) is 1. The van der Waals surface area contributed by atoms with Gasteiger partial charge in [-0.25, -0.2) is 0 Å². The fraction of sp³-hybridized carbons (Fsp3) is 0.786. The average molecular weight is 296 g/mol. The Kier molecular flexibility index (Phi) is 4.03. The van der Waals surface area contributed by atoms with Gasteiger partial charge in [0, 0.05) is 19.1 Å². The Labute approximate surface area is 124 Å². The Morgan fingerprint density at radius 1 is 1.45 bits per heavy atom. The molecule has 2 fully saturated rings. The number of anilines is 2. The summed E-state index contributed by atoms with van der Waals surface area (Å²) in [5.74, 6) is 1.95. The largest absolute Gasteiger partial charge is 0.484 e. The summed E-state index contributed by atoms with van der Waals surface area (Å²) in [6.07, 6.45) is 4.21. The number of hydrogen-bond donors (Lipinski definition) is 2. The molecule has 1 saturated carbocycles. The van der Waals surface area contributed by atoms with E-state index in [0.29, 0.717) is 5.82 Å². The van der Waals surface area contributed by atoms with Gasteiger partial charge in [-0.15, -0.1) is 0 Å². The Balaban J connectivity index is 1.53. The number of ether oxygens (including phenoxy) is 1. The lowest BCUT2D eigenvalue weighted by molar-refractivity contribution is 0.245. The fourth-order valence-electron chi connectivity index (χ4n) is 2.79. The number of nitrogen functional groups attached to an aromatic ring is 1. The molecular weight excluding hydrogens is 272 g/mol. The molecule has 1 unspecified atom stereocenters. The molecule has 1 aromatic rings. The van der Waals surface area contributed by atoms with Crippen molar-refractivity contribution in [1.29, 1.82) is 0 Å². The highest BCUT2D eigenvalue weighted by molar-refractivity contribution is 7.11. The van der Waals surface area contributed by atoms with Crippen LogP contribution in [0.3, 0.4) is 0 Å². The van der Waals surface area contributed by atoms with Crippen molar-refractivity contribution in [3.63, 3.8) is 0 Å². The zero-order valence-corrected chi connectivity index (χ0v) is 13.1. The van der Waals surface area contributed by atoms with Gasteiger partial charge in [0.05, 0.1) is 6.10 Å². The molecule has 2 heterocycles. The van der Waals surface area contributed by atoms with Crippen molar-refractivity contribution in [3.8, 4) is 5.75 Å². The van der Waals surface area contributed by atoms with Crippen LogP contribution in [0.1, 0.15) is 33.1 Å². The molecule has 0 aromatic carbocycles. The van der Waals surface area contributed by atoms with Gasteiger partial charge in [-0.1, -0.05) is 0 Å². The lowest BCUT2D eigenvalue weighted by atomic mass is 10.1. The van der Waals surface area contributed by atoms with Crippen LogP contribution >= 0.6 is 11.5 Å². The molecule has 3 N–H and O–H groups in total. The Morgan fingerprint density at radius 2 is 2.25 bits per heavy atom. The molecule has 1 aromatic heterocycles. The lowest BCUT2D eigenvalue weighted by Gasteiger charge is -2.16. The van der Waals surface area contributed by atoms with E-state index < -0.39 is 0 Å². The third-order valence-corrected chi connectivity index (χ3v) is 4.76. The summed E-state index contributed by atoms with van der Waals surface area (Å²) < 4.78 is 9.94. The van der Waals surface area contributed by atoms with E-state index in [0.717, 1.165) is 29.3 Å². The van der Waals surface area contributed by atoms with Gasteiger partial charge in [0.1, 0.15) is 0 Å². The predicted molar refractivity (Wildman–Crippen MR) is 83.5 cm³/mol. The van der Waals surface area contributed by atoms with E-state index in [9.17, 15) is 0 Å². The first-order chi connectivity index (χ1) is 9.63. The zero-order valence-electron chi connectivity index (χ0n) is 12.3. The topological polar surface area (TPSA) is 63.4 Å². The second-order valence-corrected chi connectivity index (χ2v) is 6.93. The predicted octanol–water partition coefficient (Wildman–Crippen LogP) is 2.41. The minimum Gasteiger partial charge on any atom is -0.484 e. The first kappa shape index (κ1) is 13.9. The lowest BCUT2D eigenvalue weighted by Crippen LogP contribution is -2.24. The normalized spacial score (nSPS) is 23.4. The van der Waals surface area contributed by atoms with Gasteiger partial charge in [0.15, 0.2) is 16.6 Å². The van der Waals surface area contributed by atoms with Gasteiger partial charge in [-0.05, 0) is 57.1 Å². The van der Waals surface area contributed by atoms with E-state index in [1.807, 2.05) is 13.8 Å². The molecule has 1 atom stereocenters. The first-order valence-electron chi connectivity index (χ1n) is 7.53. The molecule has 0 radical (unpaired) electrons. The van der Waals surface area contributed by atoms with Crippen LogP contribution in [-0.4, -0.2) is 41.1 Å². The molecule has 5 nitrogen and oxygen atoms in total. The Morgan fingerprint density at radius 3 is 2.95 bits per heavy atom. The van der Waals surface area contributed by atoms with Gasteiger partial charge in [-0.3, -0.25) is 0 Å².